The predicted octanol–water partition coefficient (Wildman–Crippen LogP) is 0.0541. The van der Waals surface area contributed by atoms with Crippen molar-refractivity contribution < 1.29 is 14.6 Å². The zero-order valence-electron chi connectivity index (χ0n) is 7.79. The lowest BCUT2D eigenvalue weighted by Gasteiger charge is -2.09. The standard InChI is InChI=1S/C9H17NO3/c11-6-1-2-7-13-9(12)8-4-3-5-10-8/h8,10-11H,1-7H2/t8-/m0/s1. The van der Waals surface area contributed by atoms with Crippen molar-refractivity contribution in [2.75, 3.05) is 19.8 Å². The van der Waals surface area contributed by atoms with Gasteiger partial charge in [-0.15, -0.1) is 0 Å². The third-order valence-electron chi connectivity index (χ3n) is 2.14. The summed E-state index contributed by atoms with van der Waals surface area (Å²) >= 11 is 0. The topological polar surface area (TPSA) is 58.6 Å². The van der Waals surface area contributed by atoms with Crippen LogP contribution in [0.3, 0.4) is 0 Å². The fourth-order valence-electron chi connectivity index (χ4n) is 1.37. The van der Waals surface area contributed by atoms with E-state index < -0.39 is 0 Å². The fraction of sp³-hybridized carbons (Fsp3) is 0.889. The summed E-state index contributed by atoms with van der Waals surface area (Å²) < 4.78 is 5.02. The number of hydrogen-bond acceptors (Lipinski definition) is 4. The monoisotopic (exact) mass is 187 g/mol. The van der Waals surface area contributed by atoms with Crippen LogP contribution < -0.4 is 5.32 Å². The van der Waals surface area contributed by atoms with Gasteiger partial charge in [0.2, 0.25) is 0 Å². The van der Waals surface area contributed by atoms with E-state index in [2.05, 4.69) is 5.32 Å². The highest BCUT2D eigenvalue weighted by atomic mass is 16.5. The van der Waals surface area contributed by atoms with Gasteiger partial charge >= 0.3 is 5.97 Å². The summed E-state index contributed by atoms with van der Waals surface area (Å²) in [6.07, 6.45) is 3.38. The summed E-state index contributed by atoms with van der Waals surface area (Å²) in [6, 6.07) is -0.0888. The first-order valence-corrected chi connectivity index (χ1v) is 4.85. The van der Waals surface area contributed by atoms with Crippen LogP contribution in [0.4, 0.5) is 0 Å². The van der Waals surface area contributed by atoms with Crippen molar-refractivity contribution in [3.05, 3.63) is 0 Å². The number of carbonyl (C=O) groups is 1. The van der Waals surface area contributed by atoms with Crippen molar-refractivity contribution in [2.24, 2.45) is 0 Å². The molecule has 0 radical (unpaired) electrons. The quantitative estimate of drug-likeness (QED) is 0.472. The van der Waals surface area contributed by atoms with Crippen LogP contribution in [0, 0.1) is 0 Å². The van der Waals surface area contributed by atoms with Crippen molar-refractivity contribution in [1.29, 1.82) is 0 Å². The van der Waals surface area contributed by atoms with Gasteiger partial charge in [-0.1, -0.05) is 0 Å². The minimum Gasteiger partial charge on any atom is -0.465 e. The largest absolute Gasteiger partial charge is 0.465 e. The van der Waals surface area contributed by atoms with Crippen molar-refractivity contribution in [2.45, 2.75) is 31.7 Å². The van der Waals surface area contributed by atoms with E-state index in [-0.39, 0.29) is 18.6 Å². The highest BCUT2D eigenvalue weighted by Gasteiger charge is 2.22. The number of aliphatic hydroxyl groups excluding tert-OH is 1. The highest BCUT2D eigenvalue weighted by molar-refractivity contribution is 5.76. The molecule has 4 heteroatoms. The smallest absolute Gasteiger partial charge is 0.323 e. The summed E-state index contributed by atoms with van der Waals surface area (Å²) in [6.45, 7) is 1.51. The van der Waals surface area contributed by atoms with Crippen molar-refractivity contribution in [1.82, 2.24) is 5.32 Å². The molecule has 0 aromatic carbocycles. The van der Waals surface area contributed by atoms with E-state index in [0.717, 1.165) is 25.8 Å². The van der Waals surface area contributed by atoms with Crippen LogP contribution in [-0.2, 0) is 9.53 Å². The van der Waals surface area contributed by atoms with Crippen LogP contribution in [0.2, 0.25) is 0 Å². The van der Waals surface area contributed by atoms with Gasteiger partial charge in [0.15, 0.2) is 0 Å². The van der Waals surface area contributed by atoms with Gasteiger partial charge in [0.05, 0.1) is 6.61 Å². The Bertz CT molecular complexity index is 155. The zero-order valence-corrected chi connectivity index (χ0v) is 7.79. The molecule has 13 heavy (non-hydrogen) atoms. The van der Waals surface area contributed by atoms with Crippen molar-refractivity contribution in [3.8, 4) is 0 Å². The molecule has 0 unspecified atom stereocenters. The van der Waals surface area contributed by atoms with Gasteiger partial charge in [0, 0.05) is 6.61 Å². The Morgan fingerprint density at radius 2 is 2.38 bits per heavy atom. The molecule has 4 nitrogen and oxygen atoms in total. The van der Waals surface area contributed by atoms with Gasteiger partial charge in [0.25, 0.3) is 0 Å². The van der Waals surface area contributed by atoms with Crippen LogP contribution in [0.25, 0.3) is 0 Å². The molecule has 1 saturated heterocycles. The first-order chi connectivity index (χ1) is 6.34. The van der Waals surface area contributed by atoms with E-state index in [9.17, 15) is 4.79 Å². The van der Waals surface area contributed by atoms with Gasteiger partial charge in [-0.2, -0.15) is 0 Å². The van der Waals surface area contributed by atoms with E-state index in [0.29, 0.717) is 13.0 Å². The first-order valence-electron chi connectivity index (χ1n) is 4.85. The second-order valence-corrected chi connectivity index (χ2v) is 3.25. The highest BCUT2D eigenvalue weighted by Crippen LogP contribution is 2.06. The minimum absolute atomic E-state index is 0.0888. The van der Waals surface area contributed by atoms with Crippen molar-refractivity contribution >= 4 is 5.97 Å². The van der Waals surface area contributed by atoms with E-state index in [1.165, 1.54) is 0 Å². The maximum Gasteiger partial charge on any atom is 0.323 e. The zero-order chi connectivity index (χ0) is 9.52. The maximum atomic E-state index is 11.3. The van der Waals surface area contributed by atoms with Gasteiger partial charge in [-0.3, -0.25) is 4.79 Å². The lowest BCUT2D eigenvalue weighted by atomic mass is 10.2. The number of esters is 1. The normalized spacial score (nSPS) is 21.8. The average molecular weight is 187 g/mol. The Morgan fingerprint density at radius 3 is 3.00 bits per heavy atom. The summed E-state index contributed by atoms with van der Waals surface area (Å²) in [5, 5.41) is 11.6. The molecule has 0 aromatic rings. The molecule has 1 fully saturated rings. The van der Waals surface area contributed by atoms with E-state index >= 15 is 0 Å². The average Bonchev–Trinajstić information content (AvgIpc) is 2.65. The van der Waals surface area contributed by atoms with Gasteiger partial charge in [-0.25, -0.2) is 0 Å². The van der Waals surface area contributed by atoms with Crippen LogP contribution in [0.5, 0.6) is 0 Å². The summed E-state index contributed by atoms with van der Waals surface area (Å²) in [5.41, 5.74) is 0. The molecular formula is C9H17NO3. The van der Waals surface area contributed by atoms with Gasteiger partial charge in [-0.05, 0) is 32.2 Å². The predicted molar refractivity (Wildman–Crippen MR) is 48.3 cm³/mol. The molecule has 1 heterocycles. The molecule has 0 spiro atoms. The van der Waals surface area contributed by atoms with Crippen LogP contribution in [-0.4, -0.2) is 36.9 Å². The maximum absolute atomic E-state index is 11.3. The molecule has 0 bridgehead atoms. The van der Waals surface area contributed by atoms with Gasteiger partial charge in [0.1, 0.15) is 6.04 Å². The minimum atomic E-state index is -0.143. The van der Waals surface area contributed by atoms with Crippen LogP contribution >= 0.6 is 0 Å². The molecule has 0 aromatic heterocycles. The third-order valence-corrected chi connectivity index (χ3v) is 2.14. The van der Waals surface area contributed by atoms with E-state index in [1.54, 1.807) is 0 Å². The Labute approximate surface area is 78.3 Å². The van der Waals surface area contributed by atoms with Crippen LogP contribution in [0.1, 0.15) is 25.7 Å². The van der Waals surface area contributed by atoms with Crippen molar-refractivity contribution in [3.63, 3.8) is 0 Å². The summed E-state index contributed by atoms with van der Waals surface area (Å²) in [4.78, 5) is 11.3. The molecule has 0 aliphatic carbocycles. The molecule has 0 amide bonds. The number of nitrogens with one attached hydrogen (secondary N) is 1. The number of ether oxygens (including phenoxy) is 1. The molecule has 0 saturated carbocycles. The Balaban J connectivity index is 2.03. The summed E-state index contributed by atoms with van der Waals surface area (Å²) in [5.74, 6) is -0.143. The summed E-state index contributed by atoms with van der Waals surface area (Å²) in [7, 11) is 0. The molecule has 76 valence electrons. The Morgan fingerprint density at radius 1 is 1.54 bits per heavy atom. The van der Waals surface area contributed by atoms with E-state index in [1.807, 2.05) is 0 Å². The molecule has 1 atom stereocenters. The fourth-order valence-corrected chi connectivity index (χ4v) is 1.37. The first kappa shape index (κ1) is 10.5. The lowest BCUT2D eigenvalue weighted by molar-refractivity contribution is -0.145. The molecule has 2 N–H and O–H groups in total. The number of unbranched alkanes of at least 4 members (excludes halogenated alkanes) is 1. The Kier molecular flexibility index (Phi) is 4.78. The van der Waals surface area contributed by atoms with Gasteiger partial charge < -0.3 is 15.2 Å². The third kappa shape index (κ3) is 3.74. The number of rotatable bonds is 5. The van der Waals surface area contributed by atoms with Crippen LogP contribution in [0.15, 0.2) is 0 Å². The second kappa shape index (κ2) is 5.94. The Hall–Kier alpha value is -0.610. The molecule has 1 aliphatic rings. The number of aliphatic hydroxyl groups is 1. The number of carbonyl (C=O) groups excluding carboxylic acids is 1. The molecule has 1 rings (SSSR count). The second-order valence-electron chi connectivity index (χ2n) is 3.25. The SMILES string of the molecule is O=C(OCCCCO)[C@@H]1CCCN1. The lowest BCUT2D eigenvalue weighted by Crippen LogP contribution is -2.32. The molecular weight excluding hydrogens is 170 g/mol. The number of hydrogen-bond donors (Lipinski definition) is 2. The molecule has 1 aliphatic heterocycles. The van der Waals surface area contributed by atoms with E-state index in [4.69, 9.17) is 9.84 Å².